The number of nitrogens with one attached hydrogen (secondary N) is 1. The first-order valence-electron chi connectivity index (χ1n) is 6.55. The highest BCUT2D eigenvalue weighted by Gasteiger charge is 2.15. The van der Waals surface area contributed by atoms with Crippen LogP contribution in [0.2, 0.25) is 0 Å². The third-order valence-electron chi connectivity index (χ3n) is 3.40. The highest BCUT2D eigenvalue weighted by Crippen LogP contribution is 2.27. The minimum Gasteiger partial charge on any atom is -0.496 e. The summed E-state index contributed by atoms with van der Waals surface area (Å²) >= 11 is 3.53. The monoisotopic (exact) mass is 337 g/mol. The van der Waals surface area contributed by atoms with E-state index < -0.39 is 0 Å². The third-order valence-corrected chi connectivity index (χ3v) is 4.02. The second-order valence-electron chi connectivity index (χ2n) is 4.85. The summed E-state index contributed by atoms with van der Waals surface area (Å²) in [6.45, 7) is 2.01. The van der Waals surface area contributed by atoms with E-state index in [0.717, 1.165) is 22.3 Å². The van der Waals surface area contributed by atoms with E-state index in [4.69, 9.17) is 4.74 Å². The first-order chi connectivity index (χ1) is 9.55. The smallest absolute Gasteiger partial charge is 0.133 e. The summed E-state index contributed by atoms with van der Waals surface area (Å²) in [5.74, 6) is 0.853. The van der Waals surface area contributed by atoms with Crippen molar-refractivity contribution in [2.24, 2.45) is 7.05 Å². The largest absolute Gasteiger partial charge is 0.496 e. The lowest BCUT2D eigenvalue weighted by molar-refractivity contribution is 0.412. The molecular formula is C15H20BrN3O. The van der Waals surface area contributed by atoms with Crippen molar-refractivity contribution in [3.63, 3.8) is 0 Å². The molecule has 0 fully saturated rings. The molecule has 1 heterocycles. The zero-order valence-electron chi connectivity index (χ0n) is 12.3. The van der Waals surface area contributed by atoms with E-state index in [9.17, 15) is 0 Å². The van der Waals surface area contributed by atoms with Crippen LogP contribution < -0.4 is 10.1 Å². The van der Waals surface area contributed by atoms with Gasteiger partial charge in [-0.15, -0.1) is 0 Å². The highest BCUT2D eigenvalue weighted by atomic mass is 79.9. The Kier molecular flexibility index (Phi) is 4.83. The van der Waals surface area contributed by atoms with Gasteiger partial charge in [0.15, 0.2) is 0 Å². The molecule has 1 aromatic heterocycles. The van der Waals surface area contributed by atoms with Crippen LogP contribution in [0.15, 0.2) is 28.7 Å². The maximum Gasteiger partial charge on any atom is 0.133 e. The average Bonchev–Trinajstić information content (AvgIpc) is 2.75. The van der Waals surface area contributed by atoms with Gasteiger partial charge in [-0.25, -0.2) is 0 Å². The summed E-state index contributed by atoms with van der Waals surface area (Å²) < 4.78 is 8.18. The number of halogens is 1. The van der Waals surface area contributed by atoms with Gasteiger partial charge < -0.3 is 10.1 Å². The van der Waals surface area contributed by atoms with Crippen LogP contribution in [0.25, 0.3) is 0 Å². The number of likely N-dealkylation sites (N-methyl/N-ethyl adjacent to an activating group) is 1. The van der Waals surface area contributed by atoms with Gasteiger partial charge in [0.25, 0.3) is 0 Å². The van der Waals surface area contributed by atoms with Crippen LogP contribution in [-0.4, -0.2) is 23.9 Å². The van der Waals surface area contributed by atoms with Gasteiger partial charge >= 0.3 is 0 Å². The molecule has 4 nitrogen and oxygen atoms in total. The first-order valence-corrected chi connectivity index (χ1v) is 7.34. The highest BCUT2D eigenvalue weighted by molar-refractivity contribution is 9.10. The molecule has 0 aliphatic carbocycles. The zero-order valence-corrected chi connectivity index (χ0v) is 13.9. The molecule has 0 aliphatic heterocycles. The van der Waals surface area contributed by atoms with Crippen LogP contribution in [0.5, 0.6) is 5.75 Å². The number of aryl methyl sites for hydroxylation is 2. The van der Waals surface area contributed by atoms with Crippen molar-refractivity contribution < 1.29 is 4.74 Å². The standard InChI is InChI=1S/C15H20BrN3O/c1-10-7-14(19(3)18-10)13(17-2)9-11-5-6-15(20-4)12(16)8-11/h5-8,13,17H,9H2,1-4H3. The van der Waals surface area contributed by atoms with Gasteiger partial charge in [0.05, 0.1) is 29.0 Å². The van der Waals surface area contributed by atoms with Gasteiger partial charge in [-0.2, -0.15) is 5.10 Å². The summed E-state index contributed by atoms with van der Waals surface area (Å²) in [7, 11) is 5.64. The topological polar surface area (TPSA) is 39.1 Å². The molecule has 0 spiro atoms. The first kappa shape index (κ1) is 15.1. The van der Waals surface area contributed by atoms with Crippen molar-refractivity contribution in [1.29, 1.82) is 0 Å². The van der Waals surface area contributed by atoms with E-state index in [1.54, 1.807) is 7.11 Å². The van der Waals surface area contributed by atoms with Crippen molar-refractivity contribution in [3.8, 4) is 5.75 Å². The number of hydrogen-bond acceptors (Lipinski definition) is 3. The molecule has 5 heteroatoms. The van der Waals surface area contributed by atoms with Gasteiger partial charge in [-0.3, -0.25) is 4.68 Å². The Morgan fingerprint density at radius 1 is 1.40 bits per heavy atom. The normalized spacial score (nSPS) is 12.4. The Morgan fingerprint density at radius 3 is 2.65 bits per heavy atom. The SMILES string of the molecule is CNC(Cc1ccc(OC)c(Br)c1)c1cc(C)nn1C. The molecule has 20 heavy (non-hydrogen) atoms. The number of hydrogen-bond donors (Lipinski definition) is 1. The Morgan fingerprint density at radius 2 is 2.15 bits per heavy atom. The third kappa shape index (κ3) is 3.22. The molecule has 108 valence electrons. The Bertz CT molecular complexity index is 595. The lowest BCUT2D eigenvalue weighted by Crippen LogP contribution is -2.21. The molecule has 0 radical (unpaired) electrons. The molecule has 0 bridgehead atoms. The quantitative estimate of drug-likeness (QED) is 0.911. The van der Waals surface area contributed by atoms with E-state index >= 15 is 0 Å². The number of rotatable bonds is 5. The second kappa shape index (κ2) is 6.41. The van der Waals surface area contributed by atoms with Gasteiger partial charge in [-0.05, 0) is 60.1 Å². The van der Waals surface area contributed by atoms with Crippen LogP contribution in [0.1, 0.15) is 23.0 Å². The number of benzene rings is 1. The maximum absolute atomic E-state index is 5.26. The average molecular weight is 338 g/mol. The van der Waals surface area contributed by atoms with E-state index in [1.165, 1.54) is 11.3 Å². The Hall–Kier alpha value is -1.33. The molecule has 1 N–H and O–H groups in total. The van der Waals surface area contributed by atoms with Crippen LogP contribution >= 0.6 is 15.9 Å². The van der Waals surface area contributed by atoms with Crippen LogP contribution in [-0.2, 0) is 13.5 Å². The lowest BCUT2D eigenvalue weighted by atomic mass is 10.0. The second-order valence-corrected chi connectivity index (χ2v) is 5.70. The molecule has 1 unspecified atom stereocenters. The molecule has 0 saturated heterocycles. The van der Waals surface area contributed by atoms with E-state index in [2.05, 4.69) is 44.5 Å². The molecule has 0 saturated carbocycles. The maximum atomic E-state index is 5.26. The van der Waals surface area contributed by atoms with Gasteiger partial charge in [0.1, 0.15) is 5.75 Å². The Labute approximate surface area is 128 Å². The van der Waals surface area contributed by atoms with E-state index in [1.807, 2.05) is 31.8 Å². The fourth-order valence-corrected chi connectivity index (χ4v) is 2.97. The predicted molar refractivity (Wildman–Crippen MR) is 84.1 cm³/mol. The number of methoxy groups -OCH3 is 1. The summed E-state index contributed by atoms with van der Waals surface area (Å²) in [5, 5.41) is 7.78. The summed E-state index contributed by atoms with van der Waals surface area (Å²) in [4.78, 5) is 0. The van der Waals surface area contributed by atoms with E-state index in [0.29, 0.717) is 0 Å². The van der Waals surface area contributed by atoms with Crippen molar-refractivity contribution >= 4 is 15.9 Å². The number of aromatic nitrogens is 2. The minimum absolute atomic E-state index is 0.237. The molecule has 0 aliphatic rings. The van der Waals surface area contributed by atoms with Gasteiger partial charge in [0.2, 0.25) is 0 Å². The fraction of sp³-hybridized carbons (Fsp3) is 0.400. The molecule has 2 rings (SSSR count). The van der Waals surface area contributed by atoms with Crippen molar-refractivity contribution in [2.75, 3.05) is 14.2 Å². The van der Waals surface area contributed by atoms with Crippen molar-refractivity contribution in [1.82, 2.24) is 15.1 Å². The predicted octanol–water partition coefficient (Wildman–Crippen LogP) is 3.00. The molecular weight excluding hydrogens is 318 g/mol. The lowest BCUT2D eigenvalue weighted by Gasteiger charge is -2.17. The molecule has 0 amide bonds. The number of nitrogens with zero attached hydrogens (tertiary/aromatic N) is 2. The van der Waals surface area contributed by atoms with Crippen LogP contribution in [0.4, 0.5) is 0 Å². The number of ether oxygens (including phenoxy) is 1. The minimum atomic E-state index is 0.237. The summed E-state index contributed by atoms with van der Waals surface area (Å²) in [5.41, 5.74) is 3.48. The van der Waals surface area contributed by atoms with Crippen LogP contribution in [0.3, 0.4) is 0 Å². The van der Waals surface area contributed by atoms with E-state index in [-0.39, 0.29) is 6.04 Å². The zero-order chi connectivity index (χ0) is 14.7. The Balaban J connectivity index is 2.22. The molecule has 1 atom stereocenters. The fourth-order valence-electron chi connectivity index (χ4n) is 2.38. The van der Waals surface area contributed by atoms with Gasteiger partial charge in [0, 0.05) is 7.05 Å². The van der Waals surface area contributed by atoms with Crippen LogP contribution in [0, 0.1) is 6.92 Å². The van der Waals surface area contributed by atoms with Crippen molar-refractivity contribution in [2.45, 2.75) is 19.4 Å². The molecule has 2 aromatic rings. The summed E-state index contributed by atoms with van der Waals surface area (Å²) in [6, 6.07) is 8.55. The molecule has 1 aromatic carbocycles. The van der Waals surface area contributed by atoms with Gasteiger partial charge in [-0.1, -0.05) is 6.07 Å². The summed E-state index contributed by atoms with van der Waals surface area (Å²) in [6.07, 6.45) is 0.901. The van der Waals surface area contributed by atoms with Crippen molar-refractivity contribution in [3.05, 3.63) is 45.7 Å².